The fourth-order valence-corrected chi connectivity index (χ4v) is 1.25. The molecular weight excluding hydrogens is 174 g/mol. The zero-order valence-corrected chi connectivity index (χ0v) is 8.96. The molecule has 0 rings (SSSR count). The number of hydrogen-bond donors (Lipinski definition) is 0. The lowest BCUT2D eigenvalue weighted by molar-refractivity contribution is -0.112. The van der Waals surface area contributed by atoms with Crippen LogP contribution >= 0.6 is 0 Å². The average Bonchev–Trinajstić information content (AvgIpc) is 2.15. The van der Waals surface area contributed by atoms with E-state index in [1.165, 1.54) is 12.8 Å². The number of ketones is 1. The number of allylic oxidation sites excluding steroid dienone is 2. The fourth-order valence-electron chi connectivity index (χ4n) is 1.25. The molecule has 0 spiro atoms. The Balaban J connectivity index is 3.07. The number of carbonyl (C=O) groups excluding carboxylic acids is 1. The van der Waals surface area contributed by atoms with Crippen LogP contribution in [0.2, 0.25) is 0 Å². The maximum Gasteiger partial charge on any atom is 0.152 e. The van der Waals surface area contributed by atoms with Crippen molar-refractivity contribution in [2.75, 3.05) is 0 Å². The van der Waals surface area contributed by atoms with E-state index >= 15 is 0 Å². The van der Waals surface area contributed by atoms with Gasteiger partial charge in [-0.05, 0) is 32.3 Å². The van der Waals surface area contributed by atoms with E-state index in [0.717, 1.165) is 25.7 Å². The summed E-state index contributed by atoms with van der Waals surface area (Å²) in [6, 6.07) is 2.14. The molecule has 2 nitrogen and oxygen atoms in total. The van der Waals surface area contributed by atoms with Gasteiger partial charge in [-0.1, -0.05) is 25.3 Å². The highest BCUT2D eigenvalue weighted by atomic mass is 16.1. The molecule has 0 unspecified atom stereocenters. The van der Waals surface area contributed by atoms with Gasteiger partial charge in [-0.2, -0.15) is 5.26 Å². The van der Waals surface area contributed by atoms with Gasteiger partial charge in [0, 0.05) is 6.42 Å². The van der Waals surface area contributed by atoms with Crippen LogP contribution in [-0.4, -0.2) is 5.78 Å². The number of hydrogen-bond acceptors (Lipinski definition) is 2. The molecule has 0 atom stereocenters. The first kappa shape index (κ1) is 12.9. The minimum absolute atomic E-state index is 0.124. The molecule has 0 aliphatic heterocycles. The third-order valence-corrected chi connectivity index (χ3v) is 2.01. The minimum atomic E-state index is 0.124. The summed E-state index contributed by atoms with van der Waals surface area (Å²) in [5, 5.41) is 8.30. The summed E-state index contributed by atoms with van der Waals surface area (Å²) in [4.78, 5) is 10.5. The lowest BCUT2D eigenvalue weighted by Crippen LogP contribution is -1.81. The van der Waals surface area contributed by atoms with Crippen LogP contribution in [-0.2, 0) is 4.79 Å². The molecule has 0 aromatic rings. The van der Waals surface area contributed by atoms with Crippen molar-refractivity contribution in [3.63, 3.8) is 0 Å². The lowest BCUT2D eigenvalue weighted by atomic mass is 10.1. The third kappa shape index (κ3) is 10.9. The van der Waals surface area contributed by atoms with Gasteiger partial charge >= 0.3 is 0 Å². The van der Waals surface area contributed by atoms with E-state index in [1.807, 2.05) is 6.08 Å². The summed E-state index contributed by atoms with van der Waals surface area (Å²) < 4.78 is 0. The second kappa shape index (κ2) is 9.98. The van der Waals surface area contributed by atoms with Crippen LogP contribution in [0.5, 0.6) is 0 Å². The van der Waals surface area contributed by atoms with Gasteiger partial charge in [0.25, 0.3) is 0 Å². The summed E-state index contributed by atoms with van der Waals surface area (Å²) >= 11 is 0. The Kier molecular flexibility index (Phi) is 9.20. The molecule has 0 aliphatic carbocycles. The molecule has 0 aromatic carbocycles. The highest BCUT2D eigenvalue weighted by molar-refractivity contribution is 5.87. The van der Waals surface area contributed by atoms with Crippen molar-refractivity contribution >= 4 is 5.78 Å². The second-order valence-electron chi connectivity index (χ2n) is 3.48. The van der Waals surface area contributed by atoms with Gasteiger partial charge < -0.3 is 0 Å². The quantitative estimate of drug-likeness (QED) is 0.438. The molecule has 0 heterocycles. The number of nitrogens with zero attached hydrogens (tertiary/aromatic N) is 1. The Labute approximate surface area is 86.6 Å². The van der Waals surface area contributed by atoms with Gasteiger partial charge in [0.1, 0.15) is 0 Å². The first-order chi connectivity index (χ1) is 6.77. The topological polar surface area (TPSA) is 40.9 Å². The van der Waals surface area contributed by atoms with E-state index in [4.69, 9.17) is 5.26 Å². The van der Waals surface area contributed by atoms with Crippen LogP contribution < -0.4 is 0 Å². The van der Waals surface area contributed by atoms with Gasteiger partial charge in [0.15, 0.2) is 5.78 Å². The molecule has 14 heavy (non-hydrogen) atoms. The van der Waals surface area contributed by atoms with Gasteiger partial charge in [-0.25, -0.2) is 0 Å². The standard InChI is InChI=1S/C12H19NO/c1-12(14)10-8-6-4-2-3-5-7-9-11-13/h8,10H,2-7,9H2,1H3. The highest BCUT2D eigenvalue weighted by Crippen LogP contribution is 2.06. The van der Waals surface area contributed by atoms with Crippen molar-refractivity contribution in [1.82, 2.24) is 0 Å². The second-order valence-corrected chi connectivity index (χ2v) is 3.48. The lowest BCUT2D eigenvalue weighted by Gasteiger charge is -1.96. The number of nitriles is 1. The predicted octanol–water partition coefficient (Wildman–Crippen LogP) is 3.39. The molecular formula is C12H19NO. The molecule has 0 N–H and O–H groups in total. The Morgan fingerprint density at radius 1 is 1.21 bits per heavy atom. The van der Waals surface area contributed by atoms with E-state index in [1.54, 1.807) is 13.0 Å². The predicted molar refractivity (Wildman–Crippen MR) is 57.8 cm³/mol. The average molecular weight is 193 g/mol. The summed E-state index contributed by atoms with van der Waals surface area (Å²) in [7, 11) is 0. The SMILES string of the molecule is CC(=O)C=CCCCCCCCC#N. The van der Waals surface area contributed by atoms with Crippen LogP contribution in [0.3, 0.4) is 0 Å². The van der Waals surface area contributed by atoms with Crippen molar-refractivity contribution in [1.29, 1.82) is 5.26 Å². The van der Waals surface area contributed by atoms with Crippen LogP contribution in [0.15, 0.2) is 12.2 Å². The van der Waals surface area contributed by atoms with E-state index < -0.39 is 0 Å². The highest BCUT2D eigenvalue weighted by Gasteiger charge is 1.89. The van der Waals surface area contributed by atoms with Crippen molar-refractivity contribution < 1.29 is 4.79 Å². The summed E-state index contributed by atoms with van der Waals surface area (Å²) in [5.41, 5.74) is 0. The molecule has 0 fully saturated rings. The summed E-state index contributed by atoms with van der Waals surface area (Å²) in [6.45, 7) is 1.57. The van der Waals surface area contributed by atoms with Crippen molar-refractivity contribution in [2.45, 2.75) is 51.9 Å². The molecule has 2 heteroatoms. The third-order valence-electron chi connectivity index (χ3n) is 2.01. The van der Waals surface area contributed by atoms with Crippen molar-refractivity contribution in [3.05, 3.63) is 12.2 Å². The molecule has 0 aliphatic rings. The van der Waals surface area contributed by atoms with Gasteiger partial charge in [0.2, 0.25) is 0 Å². The zero-order valence-electron chi connectivity index (χ0n) is 8.96. The van der Waals surface area contributed by atoms with E-state index in [0.29, 0.717) is 6.42 Å². The van der Waals surface area contributed by atoms with Crippen LogP contribution in [0.25, 0.3) is 0 Å². The van der Waals surface area contributed by atoms with E-state index in [9.17, 15) is 4.79 Å². The maximum absolute atomic E-state index is 10.5. The number of rotatable bonds is 8. The molecule has 0 radical (unpaired) electrons. The molecule has 0 saturated heterocycles. The zero-order chi connectivity index (χ0) is 10.6. The van der Waals surface area contributed by atoms with Crippen molar-refractivity contribution in [3.8, 4) is 6.07 Å². The summed E-state index contributed by atoms with van der Waals surface area (Å²) in [5.74, 6) is 0.124. The molecule has 78 valence electrons. The molecule has 0 bridgehead atoms. The summed E-state index contributed by atoms with van der Waals surface area (Å²) in [6.07, 6.45) is 11.0. The fraction of sp³-hybridized carbons (Fsp3) is 0.667. The first-order valence-corrected chi connectivity index (χ1v) is 5.31. The van der Waals surface area contributed by atoms with Gasteiger partial charge in [0.05, 0.1) is 6.07 Å². The Hall–Kier alpha value is -1.10. The largest absolute Gasteiger partial charge is 0.295 e. The Morgan fingerprint density at radius 3 is 2.50 bits per heavy atom. The Morgan fingerprint density at radius 2 is 1.86 bits per heavy atom. The van der Waals surface area contributed by atoms with Gasteiger partial charge in [-0.3, -0.25) is 4.79 Å². The van der Waals surface area contributed by atoms with Gasteiger partial charge in [-0.15, -0.1) is 0 Å². The minimum Gasteiger partial charge on any atom is -0.295 e. The molecule has 0 amide bonds. The van der Waals surface area contributed by atoms with E-state index in [2.05, 4.69) is 6.07 Å². The smallest absolute Gasteiger partial charge is 0.152 e. The van der Waals surface area contributed by atoms with E-state index in [-0.39, 0.29) is 5.78 Å². The van der Waals surface area contributed by atoms with Crippen molar-refractivity contribution in [2.24, 2.45) is 0 Å². The van der Waals surface area contributed by atoms with Crippen LogP contribution in [0, 0.1) is 11.3 Å². The number of unbranched alkanes of at least 4 members (excludes halogenated alkanes) is 6. The maximum atomic E-state index is 10.5. The monoisotopic (exact) mass is 193 g/mol. The number of carbonyl (C=O) groups is 1. The first-order valence-electron chi connectivity index (χ1n) is 5.31. The molecule has 0 aromatic heterocycles. The van der Waals surface area contributed by atoms with Crippen LogP contribution in [0.1, 0.15) is 51.9 Å². The molecule has 0 saturated carbocycles. The normalized spacial score (nSPS) is 10.3. The van der Waals surface area contributed by atoms with Crippen LogP contribution in [0.4, 0.5) is 0 Å². The Bertz CT molecular complexity index is 213.